The molecule has 6 heteroatoms. The maximum absolute atomic E-state index is 12.7. The number of hydrogen-bond donors (Lipinski definition) is 1. The van der Waals surface area contributed by atoms with E-state index in [9.17, 15) is 14.9 Å². The number of carbonyl (C=O) groups excluding carboxylic acids is 1. The van der Waals surface area contributed by atoms with E-state index < -0.39 is 4.92 Å². The number of nitro benzene ring substituents is 1. The second kappa shape index (κ2) is 5.71. The Morgan fingerprint density at radius 2 is 2.19 bits per heavy atom. The molecule has 1 amide bonds. The molecule has 1 aromatic rings. The van der Waals surface area contributed by atoms with Crippen LogP contribution in [0, 0.1) is 10.1 Å². The molecule has 0 bridgehead atoms. The summed E-state index contributed by atoms with van der Waals surface area (Å²) >= 11 is 0. The lowest BCUT2D eigenvalue weighted by Gasteiger charge is -2.31. The molecule has 0 radical (unpaired) electrons. The number of nitrogens with zero attached hydrogens (tertiary/aromatic N) is 2. The van der Waals surface area contributed by atoms with E-state index in [1.807, 2.05) is 20.8 Å². The van der Waals surface area contributed by atoms with Gasteiger partial charge >= 0.3 is 0 Å². The summed E-state index contributed by atoms with van der Waals surface area (Å²) in [6.07, 6.45) is 1.85. The minimum Gasteiger partial charge on any atom is -0.385 e. The Labute approximate surface area is 124 Å². The quantitative estimate of drug-likeness (QED) is 0.683. The molecule has 0 atom stereocenters. The fourth-order valence-electron chi connectivity index (χ4n) is 2.81. The molecule has 1 saturated heterocycles. The van der Waals surface area contributed by atoms with Gasteiger partial charge in [-0.1, -0.05) is 0 Å². The Balaban J connectivity index is 2.42. The molecule has 0 aromatic heterocycles. The lowest BCUT2D eigenvalue weighted by Crippen LogP contribution is -2.42. The van der Waals surface area contributed by atoms with E-state index in [0.717, 1.165) is 18.5 Å². The van der Waals surface area contributed by atoms with Crippen molar-refractivity contribution in [3.05, 3.63) is 33.9 Å². The third-order valence-electron chi connectivity index (χ3n) is 3.95. The van der Waals surface area contributed by atoms with Crippen molar-refractivity contribution in [2.45, 2.75) is 39.2 Å². The first-order valence-corrected chi connectivity index (χ1v) is 7.21. The topological polar surface area (TPSA) is 75.5 Å². The zero-order valence-corrected chi connectivity index (χ0v) is 12.7. The van der Waals surface area contributed by atoms with Gasteiger partial charge in [-0.15, -0.1) is 0 Å². The largest absolute Gasteiger partial charge is 0.385 e. The third-order valence-corrected chi connectivity index (χ3v) is 3.95. The highest BCUT2D eigenvalue weighted by molar-refractivity contribution is 5.99. The van der Waals surface area contributed by atoms with E-state index in [2.05, 4.69) is 5.32 Å². The number of benzene rings is 1. The SMILES string of the molecule is CCNc1ccc([N+](=O)[O-])c(C(=O)N2CCCC2(C)C)c1. The first-order chi connectivity index (χ1) is 9.86. The summed E-state index contributed by atoms with van der Waals surface area (Å²) in [5.41, 5.74) is 0.500. The van der Waals surface area contributed by atoms with Crippen molar-refractivity contribution in [2.24, 2.45) is 0 Å². The molecule has 0 aliphatic carbocycles. The maximum Gasteiger partial charge on any atom is 0.282 e. The molecule has 1 aliphatic rings. The lowest BCUT2D eigenvalue weighted by atomic mass is 10.0. The molecule has 6 nitrogen and oxygen atoms in total. The number of rotatable bonds is 4. The summed E-state index contributed by atoms with van der Waals surface area (Å²) in [5.74, 6) is -0.260. The normalized spacial score (nSPS) is 16.8. The van der Waals surface area contributed by atoms with Crippen molar-refractivity contribution < 1.29 is 9.72 Å². The predicted molar refractivity (Wildman–Crippen MR) is 81.6 cm³/mol. The number of hydrogen-bond acceptors (Lipinski definition) is 4. The van der Waals surface area contributed by atoms with Crippen molar-refractivity contribution in [2.75, 3.05) is 18.4 Å². The van der Waals surface area contributed by atoms with Crippen LogP contribution in [0.5, 0.6) is 0 Å². The average Bonchev–Trinajstić information content (AvgIpc) is 2.77. The Hall–Kier alpha value is -2.11. The van der Waals surface area contributed by atoms with E-state index in [1.165, 1.54) is 6.07 Å². The second-order valence-corrected chi connectivity index (χ2v) is 5.89. The van der Waals surface area contributed by atoms with Crippen molar-refractivity contribution in [3.8, 4) is 0 Å². The molecular weight excluding hydrogens is 270 g/mol. The van der Waals surface area contributed by atoms with Gasteiger partial charge in [0.1, 0.15) is 5.56 Å². The second-order valence-electron chi connectivity index (χ2n) is 5.89. The Morgan fingerprint density at radius 1 is 1.48 bits per heavy atom. The Kier molecular flexibility index (Phi) is 4.16. The number of likely N-dealkylation sites (tertiary alicyclic amines) is 1. The van der Waals surface area contributed by atoms with Crippen LogP contribution in [-0.4, -0.2) is 34.4 Å². The van der Waals surface area contributed by atoms with E-state index >= 15 is 0 Å². The summed E-state index contributed by atoms with van der Waals surface area (Å²) in [4.78, 5) is 25.2. The van der Waals surface area contributed by atoms with E-state index in [-0.39, 0.29) is 22.7 Å². The third kappa shape index (κ3) is 2.99. The van der Waals surface area contributed by atoms with Crippen LogP contribution >= 0.6 is 0 Å². The number of carbonyl (C=O) groups is 1. The van der Waals surface area contributed by atoms with Crippen LogP contribution in [0.2, 0.25) is 0 Å². The summed E-state index contributed by atoms with van der Waals surface area (Å²) in [5, 5.41) is 14.3. The maximum atomic E-state index is 12.7. The Bertz CT molecular complexity index is 569. The van der Waals surface area contributed by atoms with Crippen molar-refractivity contribution in [3.63, 3.8) is 0 Å². The number of nitro groups is 1. The van der Waals surface area contributed by atoms with Gasteiger partial charge in [0.2, 0.25) is 0 Å². The van der Waals surface area contributed by atoms with Gasteiger partial charge < -0.3 is 10.2 Å². The molecule has 0 unspecified atom stereocenters. The number of anilines is 1. The van der Waals surface area contributed by atoms with E-state index in [0.29, 0.717) is 13.1 Å². The van der Waals surface area contributed by atoms with Crippen LogP contribution in [0.15, 0.2) is 18.2 Å². The van der Waals surface area contributed by atoms with Crippen LogP contribution in [0.3, 0.4) is 0 Å². The van der Waals surface area contributed by atoms with E-state index in [1.54, 1.807) is 17.0 Å². The van der Waals surface area contributed by atoms with Gasteiger partial charge in [0.15, 0.2) is 0 Å². The highest BCUT2D eigenvalue weighted by atomic mass is 16.6. The van der Waals surface area contributed by atoms with Crippen LogP contribution < -0.4 is 5.32 Å². The molecule has 1 heterocycles. The monoisotopic (exact) mass is 291 g/mol. The Morgan fingerprint density at radius 3 is 2.71 bits per heavy atom. The molecular formula is C15H21N3O3. The fourth-order valence-corrected chi connectivity index (χ4v) is 2.81. The highest BCUT2D eigenvalue weighted by Crippen LogP contribution is 2.32. The van der Waals surface area contributed by atoms with Gasteiger partial charge in [0.25, 0.3) is 11.6 Å². The molecule has 114 valence electrons. The van der Waals surface area contributed by atoms with Crippen molar-refractivity contribution in [1.29, 1.82) is 0 Å². The molecule has 1 aliphatic heterocycles. The minimum atomic E-state index is -0.494. The summed E-state index contributed by atoms with van der Waals surface area (Å²) in [7, 11) is 0. The molecule has 2 rings (SSSR count). The zero-order valence-electron chi connectivity index (χ0n) is 12.7. The van der Waals surface area contributed by atoms with Gasteiger partial charge in [0, 0.05) is 30.4 Å². The first-order valence-electron chi connectivity index (χ1n) is 7.21. The van der Waals surface area contributed by atoms with Crippen LogP contribution in [0.25, 0.3) is 0 Å². The fraction of sp³-hybridized carbons (Fsp3) is 0.533. The van der Waals surface area contributed by atoms with Gasteiger partial charge in [-0.05, 0) is 45.7 Å². The van der Waals surface area contributed by atoms with Gasteiger partial charge in [-0.25, -0.2) is 0 Å². The van der Waals surface area contributed by atoms with Gasteiger partial charge in [-0.3, -0.25) is 14.9 Å². The molecule has 1 N–H and O–H groups in total. The number of nitrogens with one attached hydrogen (secondary N) is 1. The van der Waals surface area contributed by atoms with Crippen LogP contribution in [0.4, 0.5) is 11.4 Å². The van der Waals surface area contributed by atoms with Gasteiger partial charge in [0.05, 0.1) is 4.92 Å². The van der Waals surface area contributed by atoms with Gasteiger partial charge in [-0.2, -0.15) is 0 Å². The summed E-state index contributed by atoms with van der Waals surface area (Å²) in [6.45, 7) is 7.28. The summed E-state index contributed by atoms with van der Waals surface area (Å²) in [6, 6.07) is 4.61. The highest BCUT2D eigenvalue weighted by Gasteiger charge is 2.38. The molecule has 1 aromatic carbocycles. The molecule has 0 saturated carbocycles. The smallest absolute Gasteiger partial charge is 0.282 e. The number of amides is 1. The van der Waals surface area contributed by atoms with Crippen molar-refractivity contribution >= 4 is 17.3 Å². The lowest BCUT2D eigenvalue weighted by molar-refractivity contribution is -0.385. The summed E-state index contributed by atoms with van der Waals surface area (Å²) < 4.78 is 0. The van der Waals surface area contributed by atoms with E-state index in [4.69, 9.17) is 0 Å². The standard InChI is InChI=1S/C15H21N3O3/c1-4-16-11-6-7-13(18(20)21)12(10-11)14(19)17-9-5-8-15(17,2)3/h6-7,10,16H,4-5,8-9H2,1-3H3. The molecule has 0 spiro atoms. The minimum absolute atomic E-state index is 0.135. The molecule has 1 fully saturated rings. The zero-order chi connectivity index (χ0) is 15.6. The van der Waals surface area contributed by atoms with Crippen molar-refractivity contribution in [1.82, 2.24) is 4.90 Å². The average molecular weight is 291 g/mol. The molecule has 21 heavy (non-hydrogen) atoms. The first kappa shape index (κ1) is 15.3. The van der Waals surface area contributed by atoms with Crippen LogP contribution in [0.1, 0.15) is 44.0 Å². The predicted octanol–water partition coefficient (Wildman–Crippen LogP) is 3.04. The van der Waals surface area contributed by atoms with Crippen LogP contribution in [-0.2, 0) is 0 Å².